The van der Waals surface area contributed by atoms with Crippen LogP contribution in [0.1, 0.15) is 36.0 Å². The van der Waals surface area contributed by atoms with Crippen LogP contribution in [0.15, 0.2) is 15.2 Å². The summed E-state index contributed by atoms with van der Waals surface area (Å²) in [6, 6.07) is 1.89. The van der Waals surface area contributed by atoms with Gasteiger partial charge in [0.05, 0.1) is 9.35 Å². The van der Waals surface area contributed by atoms with E-state index in [4.69, 9.17) is 0 Å². The quantitative estimate of drug-likeness (QED) is 0.882. The molecular formula is C13H16BrNOS. The second kappa shape index (κ2) is 4.73. The van der Waals surface area contributed by atoms with Crippen LogP contribution in [0.25, 0.3) is 0 Å². The highest BCUT2D eigenvalue weighted by atomic mass is 79.9. The number of thiophene rings is 1. The molecule has 2 aliphatic carbocycles. The number of rotatable bonds is 5. The van der Waals surface area contributed by atoms with Crippen molar-refractivity contribution in [3.05, 3.63) is 20.8 Å². The topological polar surface area (TPSA) is 29.1 Å². The van der Waals surface area contributed by atoms with Gasteiger partial charge in [0.25, 0.3) is 5.91 Å². The summed E-state index contributed by atoms with van der Waals surface area (Å²) >= 11 is 4.95. The zero-order valence-corrected chi connectivity index (χ0v) is 12.0. The molecule has 4 heteroatoms. The zero-order valence-electron chi connectivity index (χ0n) is 9.62. The molecule has 1 amide bonds. The van der Waals surface area contributed by atoms with Crippen molar-refractivity contribution >= 4 is 33.2 Å². The molecule has 0 unspecified atom stereocenters. The number of hydrogen-bond acceptors (Lipinski definition) is 2. The maximum atomic E-state index is 11.9. The molecule has 0 saturated heterocycles. The van der Waals surface area contributed by atoms with Crippen molar-refractivity contribution in [2.24, 2.45) is 17.8 Å². The fraction of sp³-hybridized carbons (Fsp3) is 0.615. The SMILES string of the molecule is O=C(NCC(C1CC1)C1CC1)c1csc(Br)c1. The number of halogens is 1. The van der Waals surface area contributed by atoms with Crippen LogP contribution in [0.4, 0.5) is 0 Å². The molecule has 0 aliphatic heterocycles. The Bertz CT molecular complexity index is 411. The predicted molar refractivity (Wildman–Crippen MR) is 73.3 cm³/mol. The average molecular weight is 314 g/mol. The molecule has 0 radical (unpaired) electrons. The van der Waals surface area contributed by atoms with Gasteiger partial charge in [-0.2, -0.15) is 0 Å². The lowest BCUT2D eigenvalue weighted by atomic mass is 9.98. The van der Waals surface area contributed by atoms with Crippen molar-refractivity contribution in [1.29, 1.82) is 0 Å². The first-order valence-electron chi connectivity index (χ1n) is 6.26. The Morgan fingerprint density at radius 3 is 2.53 bits per heavy atom. The van der Waals surface area contributed by atoms with Crippen molar-refractivity contribution in [1.82, 2.24) is 5.32 Å². The standard InChI is InChI=1S/C13H16BrNOS/c14-12-5-10(7-17-12)13(16)15-6-11(8-1-2-8)9-3-4-9/h5,7-9,11H,1-4,6H2,(H,15,16). The molecule has 0 spiro atoms. The molecule has 2 fully saturated rings. The molecule has 1 heterocycles. The van der Waals surface area contributed by atoms with Crippen molar-refractivity contribution in [3.8, 4) is 0 Å². The van der Waals surface area contributed by atoms with Gasteiger partial charge < -0.3 is 5.32 Å². The van der Waals surface area contributed by atoms with Crippen LogP contribution >= 0.6 is 27.3 Å². The molecule has 1 aromatic rings. The van der Waals surface area contributed by atoms with Crippen LogP contribution in [-0.2, 0) is 0 Å². The highest BCUT2D eigenvalue weighted by Crippen LogP contribution is 2.48. The minimum absolute atomic E-state index is 0.0817. The van der Waals surface area contributed by atoms with Crippen LogP contribution in [0.5, 0.6) is 0 Å². The van der Waals surface area contributed by atoms with Crippen LogP contribution in [0, 0.1) is 17.8 Å². The molecule has 2 aliphatic rings. The Balaban J connectivity index is 1.54. The summed E-state index contributed by atoms with van der Waals surface area (Å²) in [5.41, 5.74) is 0.784. The van der Waals surface area contributed by atoms with Gasteiger partial charge in [-0.1, -0.05) is 0 Å². The first kappa shape index (κ1) is 11.7. The fourth-order valence-corrected chi connectivity index (χ4v) is 3.65. The molecule has 0 aromatic carbocycles. The fourth-order valence-electron chi connectivity index (χ4n) is 2.51. The summed E-state index contributed by atoms with van der Waals surface area (Å²) in [4.78, 5) is 11.9. The Hall–Kier alpha value is -0.350. The second-order valence-electron chi connectivity index (χ2n) is 5.19. The normalized spacial score (nSPS) is 19.6. The summed E-state index contributed by atoms with van der Waals surface area (Å²) in [6.07, 6.45) is 5.50. The highest BCUT2D eigenvalue weighted by Gasteiger charge is 2.41. The van der Waals surface area contributed by atoms with E-state index in [1.165, 1.54) is 25.7 Å². The lowest BCUT2D eigenvalue weighted by Gasteiger charge is -2.15. The van der Waals surface area contributed by atoms with E-state index >= 15 is 0 Å². The molecule has 0 atom stereocenters. The lowest BCUT2D eigenvalue weighted by molar-refractivity contribution is 0.0944. The third kappa shape index (κ3) is 2.91. The first-order valence-corrected chi connectivity index (χ1v) is 7.93. The van der Waals surface area contributed by atoms with E-state index in [0.29, 0.717) is 0 Å². The number of carbonyl (C=O) groups excluding carboxylic acids is 1. The molecule has 17 heavy (non-hydrogen) atoms. The molecule has 1 N–H and O–H groups in total. The Kier molecular flexibility index (Phi) is 3.26. The third-order valence-electron chi connectivity index (χ3n) is 3.78. The van der Waals surface area contributed by atoms with Gasteiger partial charge in [-0.3, -0.25) is 4.79 Å². The predicted octanol–water partition coefficient (Wildman–Crippen LogP) is 3.68. The van der Waals surface area contributed by atoms with Crippen molar-refractivity contribution in [2.45, 2.75) is 25.7 Å². The van der Waals surface area contributed by atoms with E-state index in [2.05, 4.69) is 21.2 Å². The van der Waals surface area contributed by atoms with E-state index < -0.39 is 0 Å². The number of amides is 1. The van der Waals surface area contributed by atoms with Crippen molar-refractivity contribution < 1.29 is 4.79 Å². The minimum atomic E-state index is 0.0817. The van der Waals surface area contributed by atoms with Gasteiger partial charge in [0, 0.05) is 11.9 Å². The van der Waals surface area contributed by atoms with Crippen LogP contribution in [-0.4, -0.2) is 12.5 Å². The molecule has 2 saturated carbocycles. The number of hydrogen-bond donors (Lipinski definition) is 1. The maximum absolute atomic E-state index is 11.9. The molecule has 92 valence electrons. The van der Waals surface area contributed by atoms with Gasteiger partial charge in [-0.25, -0.2) is 0 Å². The van der Waals surface area contributed by atoms with Gasteiger partial charge in [0.1, 0.15) is 0 Å². The van der Waals surface area contributed by atoms with E-state index in [9.17, 15) is 4.79 Å². The van der Waals surface area contributed by atoms with Gasteiger partial charge in [0.2, 0.25) is 0 Å². The smallest absolute Gasteiger partial charge is 0.252 e. The third-order valence-corrected chi connectivity index (χ3v) is 5.29. The summed E-state index contributed by atoms with van der Waals surface area (Å²) in [5, 5.41) is 5.01. The molecule has 2 nitrogen and oxygen atoms in total. The lowest BCUT2D eigenvalue weighted by Crippen LogP contribution is -2.30. The Labute approximate surface area is 114 Å². The largest absolute Gasteiger partial charge is 0.352 e. The Morgan fingerprint density at radius 2 is 2.06 bits per heavy atom. The zero-order chi connectivity index (χ0) is 11.8. The van der Waals surface area contributed by atoms with Crippen LogP contribution in [0.3, 0.4) is 0 Å². The van der Waals surface area contributed by atoms with E-state index in [1.807, 2.05) is 11.4 Å². The monoisotopic (exact) mass is 313 g/mol. The average Bonchev–Trinajstić information content (AvgIpc) is 3.20. The summed E-state index contributed by atoms with van der Waals surface area (Å²) in [5.74, 6) is 2.63. The summed E-state index contributed by atoms with van der Waals surface area (Å²) < 4.78 is 1.02. The number of carbonyl (C=O) groups is 1. The highest BCUT2D eigenvalue weighted by molar-refractivity contribution is 9.11. The van der Waals surface area contributed by atoms with Gasteiger partial charge >= 0.3 is 0 Å². The van der Waals surface area contributed by atoms with E-state index in [-0.39, 0.29) is 5.91 Å². The van der Waals surface area contributed by atoms with E-state index in [1.54, 1.807) is 11.3 Å². The molecule has 0 bridgehead atoms. The summed E-state index contributed by atoms with van der Waals surface area (Å²) in [7, 11) is 0. The molecule has 3 rings (SSSR count). The maximum Gasteiger partial charge on any atom is 0.252 e. The van der Waals surface area contributed by atoms with Crippen LogP contribution < -0.4 is 5.32 Å². The van der Waals surface area contributed by atoms with Crippen molar-refractivity contribution in [3.63, 3.8) is 0 Å². The minimum Gasteiger partial charge on any atom is -0.352 e. The Morgan fingerprint density at radius 1 is 1.41 bits per heavy atom. The first-order chi connectivity index (χ1) is 8.24. The van der Waals surface area contributed by atoms with Crippen molar-refractivity contribution in [2.75, 3.05) is 6.54 Å². The van der Waals surface area contributed by atoms with Gasteiger partial charge in [0.15, 0.2) is 0 Å². The van der Waals surface area contributed by atoms with Crippen LogP contribution in [0.2, 0.25) is 0 Å². The molecular weight excluding hydrogens is 298 g/mol. The summed E-state index contributed by atoms with van der Waals surface area (Å²) in [6.45, 7) is 0.877. The number of nitrogens with one attached hydrogen (secondary N) is 1. The van der Waals surface area contributed by atoms with Gasteiger partial charge in [-0.05, 0) is 65.4 Å². The van der Waals surface area contributed by atoms with Gasteiger partial charge in [-0.15, -0.1) is 11.3 Å². The van der Waals surface area contributed by atoms with E-state index in [0.717, 1.165) is 33.6 Å². The molecule has 1 aromatic heterocycles. The second-order valence-corrected chi connectivity index (χ2v) is 7.48.